The molecule has 0 radical (unpaired) electrons. The molecule has 0 aliphatic carbocycles. The molecule has 2 aromatic carbocycles. The molecule has 2 heterocycles. The second kappa shape index (κ2) is 8.70. The largest absolute Gasteiger partial charge is 0.478 e. The highest BCUT2D eigenvalue weighted by molar-refractivity contribution is 9.10. The molecule has 0 bridgehead atoms. The van der Waals surface area contributed by atoms with Gasteiger partial charge in [0.2, 0.25) is 0 Å². The van der Waals surface area contributed by atoms with Crippen LogP contribution in [0.1, 0.15) is 16.1 Å². The number of nitrogens with one attached hydrogen (secondary N) is 1. The number of halogens is 2. The van der Waals surface area contributed by atoms with Crippen LogP contribution in [0.2, 0.25) is 5.02 Å². The van der Waals surface area contributed by atoms with E-state index in [4.69, 9.17) is 33.3 Å². The molecule has 1 saturated heterocycles. The van der Waals surface area contributed by atoms with E-state index in [0.29, 0.717) is 17.0 Å². The van der Waals surface area contributed by atoms with E-state index in [-0.39, 0.29) is 27.0 Å². The molecule has 4 rings (SSSR count). The summed E-state index contributed by atoms with van der Waals surface area (Å²) < 4.78 is 6.57. The van der Waals surface area contributed by atoms with Crippen LogP contribution in [0.4, 0.5) is 5.69 Å². The fourth-order valence-electron chi connectivity index (χ4n) is 3.05. The minimum Gasteiger partial charge on any atom is -0.478 e. The maximum Gasteiger partial charge on any atom is 0.337 e. The van der Waals surface area contributed by atoms with Gasteiger partial charge in [-0.15, -0.1) is 0 Å². The zero-order valence-corrected chi connectivity index (χ0v) is 19.1. The average molecular weight is 532 g/mol. The SMILES string of the molecule is O=C1NC(=S)N(c2ccc(Br)cc2)C(=O)/C1=C/c1ccc(-c2ccc(C(=O)O)c(Cl)c2)o1. The highest BCUT2D eigenvalue weighted by Crippen LogP contribution is 2.29. The van der Waals surface area contributed by atoms with Gasteiger partial charge in [-0.05, 0) is 66.8 Å². The summed E-state index contributed by atoms with van der Waals surface area (Å²) in [4.78, 5) is 37.8. The molecule has 1 aliphatic heterocycles. The zero-order chi connectivity index (χ0) is 23.0. The third-order valence-electron chi connectivity index (χ3n) is 4.58. The minimum atomic E-state index is -1.14. The van der Waals surface area contributed by atoms with Gasteiger partial charge >= 0.3 is 5.97 Å². The quantitative estimate of drug-likeness (QED) is 0.282. The molecule has 32 heavy (non-hydrogen) atoms. The van der Waals surface area contributed by atoms with Gasteiger partial charge < -0.3 is 9.52 Å². The topological polar surface area (TPSA) is 99.9 Å². The lowest BCUT2D eigenvalue weighted by atomic mass is 10.1. The Kier molecular flexibility index (Phi) is 5.96. The number of amides is 2. The Morgan fingerprint density at radius 2 is 1.84 bits per heavy atom. The lowest BCUT2D eigenvalue weighted by Gasteiger charge is -2.28. The number of aromatic carboxylic acids is 1. The number of thiocarbonyl (C=S) groups is 1. The summed E-state index contributed by atoms with van der Waals surface area (Å²) in [6.45, 7) is 0. The van der Waals surface area contributed by atoms with Crippen molar-refractivity contribution in [3.05, 3.63) is 81.0 Å². The smallest absolute Gasteiger partial charge is 0.337 e. The van der Waals surface area contributed by atoms with Crippen LogP contribution in [-0.4, -0.2) is 28.0 Å². The summed E-state index contributed by atoms with van der Waals surface area (Å²) in [6.07, 6.45) is 1.32. The predicted octanol–water partition coefficient (Wildman–Crippen LogP) is 4.89. The molecular formula is C22H12BrClN2O5S. The fourth-order valence-corrected chi connectivity index (χ4v) is 3.86. The average Bonchev–Trinajstić information content (AvgIpc) is 3.21. The van der Waals surface area contributed by atoms with Crippen LogP contribution in [0.3, 0.4) is 0 Å². The van der Waals surface area contributed by atoms with Gasteiger partial charge in [-0.2, -0.15) is 0 Å². The van der Waals surface area contributed by atoms with Crippen molar-refractivity contribution in [3.8, 4) is 11.3 Å². The summed E-state index contributed by atoms with van der Waals surface area (Å²) >= 11 is 14.5. The molecule has 0 spiro atoms. The second-order valence-electron chi connectivity index (χ2n) is 6.64. The zero-order valence-electron chi connectivity index (χ0n) is 16.0. The molecule has 2 amide bonds. The molecule has 160 valence electrons. The van der Waals surface area contributed by atoms with E-state index in [0.717, 1.165) is 4.47 Å². The van der Waals surface area contributed by atoms with Gasteiger partial charge in [0.1, 0.15) is 17.1 Å². The number of carboxylic acid groups (broad SMARTS) is 1. The van der Waals surface area contributed by atoms with E-state index in [1.807, 2.05) is 0 Å². The maximum absolute atomic E-state index is 13.0. The number of anilines is 1. The first-order valence-corrected chi connectivity index (χ1v) is 10.6. The lowest BCUT2D eigenvalue weighted by molar-refractivity contribution is -0.122. The van der Waals surface area contributed by atoms with Crippen molar-refractivity contribution in [1.29, 1.82) is 0 Å². The number of carboxylic acids is 1. The Labute approximate surface area is 200 Å². The van der Waals surface area contributed by atoms with Crippen LogP contribution < -0.4 is 10.2 Å². The van der Waals surface area contributed by atoms with Gasteiger partial charge in [0, 0.05) is 10.0 Å². The molecule has 1 aromatic heterocycles. The van der Waals surface area contributed by atoms with Crippen molar-refractivity contribution in [1.82, 2.24) is 5.32 Å². The van der Waals surface area contributed by atoms with E-state index in [1.165, 1.54) is 23.1 Å². The molecule has 1 fully saturated rings. The summed E-state index contributed by atoms with van der Waals surface area (Å²) in [7, 11) is 0. The van der Waals surface area contributed by atoms with Crippen LogP contribution in [0.5, 0.6) is 0 Å². The molecule has 7 nitrogen and oxygen atoms in total. The molecule has 10 heteroatoms. The van der Waals surface area contributed by atoms with Crippen molar-refractivity contribution < 1.29 is 23.9 Å². The van der Waals surface area contributed by atoms with Gasteiger partial charge in [0.25, 0.3) is 11.8 Å². The Hall–Kier alpha value is -3.27. The van der Waals surface area contributed by atoms with Crippen LogP contribution in [-0.2, 0) is 9.59 Å². The highest BCUT2D eigenvalue weighted by atomic mass is 79.9. The van der Waals surface area contributed by atoms with E-state index in [1.54, 1.807) is 42.5 Å². The standard InChI is InChI=1S/C22H12BrClN2O5S/c23-12-2-4-13(5-3-12)26-20(28)16(19(27)25-22(26)32)10-14-6-8-18(31-14)11-1-7-15(21(29)30)17(24)9-11/h1-10H,(H,29,30)(H,25,27,32)/b16-10+. The third kappa shape index (κ3) is 4.22. The normalized spacial score (nSPS) is 15.2. The van der Waals surface area contributed by atoms with Gasteiger partial charge in [0.15, 0.2) is 5.11 Å². The molecule has 1 aliphatic rings. The number of nitrogens with zero attached hydrogens (tertiary/aromatic N) is 1. The Morgan fingerprint density at radius 3 is 2.50 bits per heavy atom. The second-order valence-corrected chi connectivity index (χ2v) is 8.35. The van der Waals surface area contributed by atoms with Crippen LogP contribution in [0.15, 0.2) is 69.1 Å². The minimum absolute atomic E-state index is 0.0206. The molecule has 3 aromatic rings. The number of hydrogen-bond donors (Lipinski definition) is 2. The summed E-state index contributed by atoms with van der Waals surface area (Å²) in [6, 6.07) is 14.5. The fraction of sp³-hybridized carbons (Fsp3) is 0. The van der Waals surface area contributed by atoms with Crippen molar-refractivity contribution >= 4 is 74.4 Å². The van der Waals surface area contributed by atoms with E-state index < -0.39 is 17.8 Å². The molecule has 2 N–H and O–H groups in total. The van der Waals surface area contributed by atoms with Crippen LogP contribution in [0.25, 0.3) is 17.4 Å². The lowest BCUT2D eigenvalue weighted by Crippen LogP contribution is -2.54. The number of carbonyl (C=O) groups excluding carboxylic acids is 2. The molecular weight excluding hydrogens is 520 g/mol. The predicted molar refractivity (Wildman–Crippen MR) is 126 cm³/mol. The number of benzene rings is 2. The Morgan fingerprint density at radius 1 is 1.12 bits per heavy atom. The molecule has 0 atom stereocenters. The van der Waals surface area contributed by atoms with Gasteiger partial charge in [-0.25, -0.2) is 4.79 Å². The molecule has 0 saturated carbocycles. The number of hydrogen-bond acceptors (Lipinski definition) is 5. The number of rotatable bonds is 4. The van der Waals surface area contributed by atoms with E-state index >= 15 is 0 Å². The molecule has 0 unspecified atom stereocenters. The summed E-state index contributed by atoms with van der Waals surface area (Å²) in [5, 5.41) is 11.6. The Balaban J connectivity index is 1.65. The van der Waals surface area contributed by atoms with Crippen LogP contribution >= 0.6 is 39.7 Å². The van der Waals surface area contributed by atoms with E-state index in [2.05, 4.69) is 21.2 Å². The van der Waals surface area contributed by atoms with Gasteiger partial charge in [-0.3, -0.25) is 19.8 Å². The summed E-state index contributed by atoms with van der Waals surface area (Å²) in [5.74, 6) is -1.73. The van der Waals surface area contributed by atoms with Gasteiger partial charge in [0.05, 0.1) is 16.3 Å². The van der Waals surface area contributed by atoms with Crippen molar-refractivity contribution in [2.45, 2.75) is 0 Å². The third-order valence-corrected chi connectivity index (χ3v) is 5.71. The van der Waals surface area contributed by atoms with E-state index in [9.17, 15) is 14.4 Å². The Bertz CT molecular complexity index is 1320. The first-order valence-electron chi connectivity index (χ1n) is 9.04. The van der Waals surface area contributed by atoms with Crippen molar-refractivity contribution in [3.63, 3.8) is 0 Å². The number of carbonyl (C=O) groups is 3. The highest BCUT2D eigenvalue weighted by Gasteiger charge is 2.34. The van der Waals surface area contributed by atoms with Crippen molar-refractivity contribution in [2.24, 2.45) is 0 Å². The number of furan rings is 1. The van der Waals surface area contributed by atoms with Crippen molar-refractivity contribution in [2.75, 3.05) is 4.90 Å². The first-order chi connectivity index (χ1) is 15.2. The monoisotopic (exact) mass is 530 g/mol. The van der Waals surface area contributed by atoms with Crippen LogP contribution in [0, 0.1) is 0 Å². The maximum atomic E-state index is 13.0. The van der Waals surface area contributed by atoms with Gasteiger partial charge in [-0.1, -0.05) is 33.6 Å². The summed E-state index contributed by atoms with van der Waals surface area (Å²) in [5.41, 5.74) is 0.864. The first kappa shape index (κ1) is 21.9.